The molecule has 0 bridgehead atoms. The highest BCUT2D eigenvalue weighted by Crippen LogP contribution is 2.09. The zero-order valence-electron chi connectivity index (χ0n) is 20.3. The average molecular weight is 457 g/mol. The maximum atomic E-state index is 12.6. The van der Waals surface area contributed by atoms with Crippen LogP contribution in [0.5, 0.6) is 0 Å². The highest BCUT2D eigenvalue weighted by Gasteiger charge is 2.28. The summed E-state index contributed by atoms with van der Waals surface area (Å²) in [5.41, 5.74) is 31.6. The Hall–Kier alpha value is -4.42. The van der Waals surface area contributed by atoms with Gasteiger partial charge in [0.15, 0.2) is 0 Å². The van der Waals surface area contributed by atoms with Crippen LogP contribution in [0.2, 0.25) is 0 Å². The van der Waals surface area contributed by atoms with Gasteiger partial charge in [-0.2, -0.15) is 0 Å². The number of rotatable bonds is 6. The smallest absolute Gasteiger partial charge is 0.408 e. The van der Waals surface area contributed by atoms with Gasteiger partial charge >= 0.3 is 6.09 Å². The minimum Gasteiger partial charge on any atom is -0.444 e. The summed E-state index contributed by atoms with van der Waals surface area (Å²) in [4.78, 5) is 24.6. The van der Waals surface area contributed by atoms with E-state index in [0.29, 0.717) is 0 Å². The lowest BCUT2D eigenvalue weighted by atomic mass is 10.0. The third-order valence-corrected chi connectivity index (χ3v) is 3.54. The Morgan fingerprint density at radius 2 is 1.32 bits per heavy atom. The fourth-order valence-corrected chi connectivity index (χ4v) is 2.00. The van der Waals surface area contributed by atoms with Gasteiger partial charge in [0.2, 0.25) is 5.91 Å². The Kier molecular flexibility index (Phi) is 14.1. The second kappa shape index (κ2) is 16.2. The summed E-state index contributed by atoms with van der Waals surface area (Å²) in [5.74, 6) is -0.640. The second-order valence-corrected chi connectivity index (χ2v) is 8.02. The number of amides is 2. The summed E-state index contributed by atoms with van der Waals surface area (Å²) in [7, 11) is 0. The van der Waals surface area contributed by atoms with E-state index in [1.54, 1.807) is 41.5 Å². The van der Waals surface area contributed by atoms with E-state index in [0.717, 1.165) is 0 Å². The SMILES string of the molecule is C=C=C=C=C=C=C=C=C=C=C=C=C=C=C[C@H](O)[C@H](C)NC(=O)[C@@H](NC(=O)OC(C)(C)C)C(C)C. The summed E-state index contributed by atoms with van der Waals surface area (Å²) in [5, 5.41) is 15.4. The highest BCUT2D eigenvalue weighted by molar-refractivity contribution is 5.86. The van der Waals surface area contributed by atoms with Gasteiger partial charge in [-0.25, -0.2) is 4.79 Å². The van der Waals surface area contributed by atoms with Gasteiger partial charge in [0.25, 0.3) is 0 Å². The molecule has 0 saturated carbocycles. The van der Waals surface area contributed by atoms with Crippen LogP contribution in [0.25, 0.3) is 0 Å². The van der Waals surface area contributed by atoms with E-state index in [9.17, 15) is 14.7 Å². The summed E-state index contributed by atoms with van der Waals surface area (Å²) in [6, 6.07) is -1.48. The second-order valence-electron chi connectivity index (χ2n) is 8.02. The van der Waals surface area contributed by atoms with Gasteiger partial charge in [0.05, 0.1) is 12.1 Å². The van der Waals surface area contributed by atoms with Crippen LogP contribution in [0.15, 0.2) is 87.2 Å². The predicted octanol–water partition coefficient (Wildman–Crippen LogP) is 3.60. The molecule has 2 amide bonds. The Labute approximate surface area is 200 Å². The summed E-state index contributed by atoms with van der Waals surface area (Å²) >= 11 is 0. The van der Waals surface area contributed by atoms with Crippen LogP contribution >= 0.6 is 0 Å². The highest BCUT2D eigenvalue weighted by atomic mass is 16.6. The first-order valence-electron chi connectivity index (χ1n) is 10.3. The zero-order valence-corrected chi connectivity index (χ0v) is 20.3. The van der Waals surface area contributed by atoms with E-state index in [-0.39, 0.29) is 5.92 Å². The zero-order chi connectivity index (χ0) is 26.0. The Morgan fingerprint density at radius 3 is 1.76 bits per heavy atom. The van der Waals surface area contributed by atoms with Gasteiger partial charge in [0.1, 0.15) is 11.6 Å². The first-order chi connectivity index (χ1) is 16.0. The van der Waals surface area contributed by atoms with Gasteiger partial charge < -0.3 is 20.5 Å². The number of aliphatic hydroxyl groups excluding tert-OH is 1. The number of hydrogen-bond acceptors (Lipinski definition) is 4. The quantitative estimate of drug-likeness (QED) is 0.533. The van der Waals surface area contributed by atoms with Crippen molar-refractivity contribution in [3.63, 3.8) is 0 Å². The van der Waals surface area contributed by atoms with Gasteiger partial charge in [-0.15, -0.1) is 0 Å². The molecular weight excluding hydrogens is 428 g/mol. The van der Waals surface area contributed by atoms with Crippen LogP contribution in [0.3, 0.4) is 0 Å². The standard InChI is InChI=1S/C28H28N2O4/c1-8-9-10-11-12-13-14-15-16-17-18-19-20-21-24(31)23(4)29-26(32)25(22(2)3)30-27(33)34-28(5,6)7/h21-25,31H,1H2,2-7H3,(H,29,32)(H,30,33)/t23-,24-,25-/m0/s1. The topological polar surface area (TPSA) is 87.7 Å². The molecular formula is C28H28N2O4. The molecule has 6 heteroatoms. The van der Waals surface area contributed by atoms with Crippen LogP contribution < -0.4 is 10.6 Å². The minimum absolute atomic E-state index is 0.196. The first kappa shape index (κ1) is 29.6. The lowest BCUT2D eigenvalue weighted by molar-refractivity contribution is -0.125. The number of aliphatic hydroxyl groups is 1. The van der Waals surface area contributed by atoms with Gasteiger partial charge in [0, 0.05) is 0 Å². The van der Waals surface area contributed by atoms with Gasteiger partial charge in [-0.1, -0.05) is 25.3 Å². The fourth-order valence-electron chi connectivity index (χ4n) is 2.00. The molecule has 34 heavy (non-hydrogen) atoms. The van der Waals surface area contributed by atoms with E-state index in [1.165, 1.54) is 6.08 Å². The van der Waals surface area contributed by atoms with Crippen molar-refractivity contribution in [3.8, 4) is 0 Å². The molecule has 0 aliphatic carbocycles. The molecule has 6 nitrogen and oxygen atoms in total. The number of hydrogen-bond donors (Lipinski definition) is 3. The lowest BCUT2D eigenvalue weighted by Crippen LogP contribution is -2.54. The number of alkyl carbamates (subject to hydrolysis) is 1. The molecule has 0 aromatic carbocycles. The molecule has 174 valence electrons. The number of carbonyl (C=O) groups is 2. The van der Waals surface area contributed by atoms with Gasteiger partial charge in [-0.05, 0) is 109 Å². The van der Waals surface area contributed by atoms with Crippen LogP contribution in [0.4, 0.5) is 4.79 Å². The number of ether oxygens (including phenoxy) is 1. The average Bonchev–Trinajstić information content (AvgIpc) is 2.73. The third-order valence-electron chi connectivity index (χ3n) is 3.54. The molecule has 0 aliphatic rings. The monoisotopic (exact) mass is 456 g/mol. The molecule has 0 aromatic rings. The first-order valence-corrected chi connectivity index (χ1v) is 10.3. The van der Waals surface area contributed by atoms with E-state index in [1.807, 2.05) is 0 Å². The van der Waals surface area contributed by atoms with E-state index in [2.05, 4.69) is 91.7 Å². The van der Waals surface area contributed by atoms with Gasteiger partial charge in [-0.3, -0.25) is 4.79 Å². The lowest BCUT2D eigenvalue weighted by Gasteiger charge is -2.27. The van der Waals surface area contributed by atoms with Crippen molar-refractivity contribution in [2.24, 2.45) is 5.92 Å². The molecule has 0 radical (unpaired) electrons. The fraction of sp³-hybridized carbons (Fsp3) is 0.393. The largest absolute Gasteiger partial charge is 0.444 e. The van der Waals surface area contributed by atoms with Crippen LogP contribution in [0.1, 0.15) is 41.5 Å². The number of nitrogens with one attached hydrogen (secondary N) is 2. The Morgan fingerprint density at radius 1 is 0.853 bits per heavy atom. The Balaban J connectivity index is 5.34. The molecule has 0 rings (SSSR count). The molecule has 3 N–H and O–H groups in total. The molecule has 0 fully saturated rings. The van der Waals surface area contributed by atoms with Crippen LogP contribution in [-0.4, -0.2) is 40.9 Å². The van der Waals surface area contributed by atoms with Crippen molar-refractivity contribution in [2.45, 2.75) is 65.3 Å². The normalized spacial score (nSPS) is 11.3. The van der Waals surface area contributed by atoms with Crippen molar-refractivity contribution >= 4 is 12.0 Å². The minimum atomic E-state index is -1.05. The van der Waals surface area contributed by atoms with Crippen LogP contribution in [0, 0.1) is 5.92 Å². The molecule has 0 aliphatic heterocycles. The molecule has 0 spiro atoms. The Bertz CT molecular complexity index is 1250. The van der Waals surface area contributed by atoms with E-state index in [4.69, 9.17) is 4.74 Å². The molecule has 0 heterocycles. The maximum absolute atomic E-state index is 12.6. The molecule has 3 atom stereocenters. The van der Waals surface area contributed by atoms with Crippen molar-refractivity contribution in [2.75, 3.05) is 0 Å². The third kappa shape index (κ3) is 15.4. The summed E-state index contributed by atoms with van der Waals surface area (Å²) < 4.78 is 5.20. The van der Waals surface area contributed by atoms with E-state index < -0.39 is 35.8 Å². The van der Waals surface area contributed by atoms with Crippen molar-refractivity contribution in [1.82, 2.24) is 10.6 Å². The van der Waals surface area contributed by atoms with Crippen molar-refractivity contribution in [1.29, 1.82) is 0 Å². The molecule has 0 saturated heterocycles. The summed E-state index contributed by atoms with van der Waals surface area (Å²) in [6.07, 6.45) is -0.440. The van der Waals surface area contributed by atoms with Crippen LogP contribution in [-0.2, 0) is 9.53 Å². The molecule has 0 aromatic heterocycles. The van der Waals surface area contributed by atoms with E-state index >= 15 is 0 Å². The molecule has 0 unspecified atom stereocenters. The van der Waals surface area contributed by atoms with Crippen molar-refractivity contribution in [3.05, 3.63) is 87.2 Å². The number of carbonyl (C=O) groups excluding carboxylic acids is 2. The van der Waals surface area contributed by atoms with Crippen molar-refractivity contribution < 1.29 is 19.4 Å². The summed E-state index contributed by atoms with van der Waals surface area (Å²) in [6.45, 7) is 13.7. The maximum Gasteiger partial charge on any atom is 0.408 e. The predicted molar refractivity (Wildman–Crippen MR) is 127 cm³/mol.